The lowest BCUT2D eigenvalue weighted by molar-refractivity contribution is -0.120. The van der Waals surface area contributed by atoms with E-state index in [1.165, 1.54) is 7.05 Å². The van der Waals surface area contributed by atoms with Crippen molar-refractivity contribution in [3.8, 4) is 0 Å². The van der Waals surface area contributed by atoms with Gasteiger partial charge in [0.2, 0.25) is 5.91 Å². The van der Waals surface area contributed by atoms with Crippen molar-refractivity contribution in [1.29, 1.82) is 0 Å². The molecule has 1 aliphatic carbocycles. The summed E-state index contributed by atoms with van der Waals surface area (Å²) in [6, 6.07) is 4.84. The third-order valence-electron chi connectivity index (χ3n) is 4.00. The molecule has 2 aliphatic rings. The van der Waals surface area contributed by atoms with Crippen LogP contribution in [0.15, 0.2) is 30.4 Å². The van der Waals surface area contributed by atoms with Crippen LogP contribution in [0.4, 0.5) is 5.69 Å². The minimum Gasteiger partial charge on any atom is -0.326 e. The molecule has 1 unspecified atom stereocenters. The standard InChI is InChI=1S/C16H16N2O3/c1-18-15(20)12-8-7-11(9-13(12)16(18)21)17-14(19)10-5-3-2-4-6-10/h2-3,7-10H,4-6H2,1H3,(H,17,19). The van der Waals surface area contributed by atoms with Crippen molar-refractivity contribution >= 4 is 23.4 Å². The predicted molar refractivity (Wildman–Crippen MR) is 78.0 cm³/mol. The van der Waals surface area contributed by atoms with Gasteiger partial charge in [0.15, 0.2) is 0 Å². The summed E-state index contributed by atoms with van der Waals surface area (Å²) >= 11 is 0. The first-order valence-corrected chi connectivity index (χ1v) is 7.00. The second-order valence-electron chi connectivity index (χ2n) is 5.40. The molecule has 0 saturated carbocycles. The molecule has 3 rings (SSSR count). The van der Waals surface area contributed by atoms with Crippen LogP contribution in [0.5, 0.6) is 0 Å². The van der Waals surface area contributed by atoms with Gasteiger partial charge in [-0.1, -0.05) is 12.2 Å². The van der Waals surface area contributed by atoms with Crippen molar-refractivity contribution in [3.63, 3.8) is 0 Å². The lowest BCUT2D eigenvalue weighted by atomic mass is 9.93. The molecule has 0 spiro atoms. The molecule has 1 atom stereocenters. The zero-order valence-corrected chi connectivity index (χ0v) is 11.8. The van der Waals surface area contributed by atoms with Crippen LogP contribution in [0.3, 0.4) is 0 Å². The van der Waals surface area contributed by atoms with Gasteiger partial charge in [-0.3, -0.25) is 19.3 Å². The molecule has 108 valence electrons. The van der Waals surface area contributed by atoms with Crippen molar-refractivity contribution in [2.75, 3.05) is 12.4 Å². The number of hydrogen-bond donors (Lipinski definition) is 1. The van der Waals surface area contributed by atoms with Crippen LogP contribution < -0.4 is 5.32 Å². The predicted octanol–water partition coefficient (Wildman–Crippen LogP) is 2.21. The fraction of sp³-hybridized carbons (Fsp3) is 0.312. The van der Waals surface area contributed by atoms with Crippen molar-refractivity contribution < 1.29 is 14.4 Å². The monoisotopic (exact) mass is 284 g/mol. The minimum absolute atomic E-state index is 0.0248. The molecular formula is C16H16N2O3. The van der Waals surface area contributed by atoms with Crippen LogP contribution in [0, 0.1) is 5.92 Å². The number of benzene rings is 1. The van der Waals surface area contributed by atoms with Crippen molar-refractivity contribution in [2.45, 2.75) is 19.3 Å². The van der Waals surface area contributed by atoms with E-state index in [-0.39, 0.29) is 23.6 Å². The molecular weight excluding hydrogens is 268 g/mol. The Balaban J connectivity index is 1.79. The van der Waals surface area contributed by atoms with Gasteiger partial charge in [0.05, 0.1) is 11.1 Å². The molecule has 5 nitrogen and oxygen atoms in total. The first kappa shape index (κ1) is 13.5. The van der Waals surface area contributed by atoms with Crippen LogP contribution in [-0.4, -0.2) is 29.7 Å². The Morgan fingerprint density at radius 1 is 1.19 bits per heavy atom. The first-order chi connectivity index (χ1) is 10.1. The number of anilines is 1. The number of carbonyl (C=O) groups is 3. The first-order valence-electron chi connectivity index (χ1n) is 7.00. The second-order valence-corrected chi connectivity index (χ2v) is 5.40. The van der Waals surface area contributed by atoms with Gasteiger partial charge in [-0.25, -0.2) is 0 Å². The van der Waals surface area contributed by atoms with Crippen LogP contribution in [0.25, 0.3) is 0 Å². The van der Waals surface area contributed by atoms with E-state index in [1.54, 1.807) is 18.2 Å². The van der Waals surface area contributed by atoms with E-state index in [9.17, 15) is 14.4 Å². The average Bonchev–Trinajstić information content (AvgIpc) is 2.73. The smallest absolute Gasteiger partial charge is 0.261 e. The topological polar surface area (TPSA) is 66.5 Å². The average molecular weight is 284 g/mol. The summed E-state index contributed by atoms with van der Waals surface area (Å²) < 4.78 is 0. The highest BCUT2D eigenvalue weighted by molar-refractivity contribution is 6.21. The van der Waals surface area contributed by atoms with Crippen LogP contribution in [0.1, 0.15) is 40.0 Å². The van der Waals surface area contributed by atoms with Gasteiger partial charge in [0.25, 0.3) is 11.8 Å². The number of nitrogens with one attached hydrogen (secondary N) is 1. The Morgan fingerprint density at radius 2 is 1.95 bits per heavy atom. The molecule has 21 heavy (non-hydrogen) atoms. The number of nitrogens with zero attached hydrogens (tertiary/aromatic N) is 1. The zero-order valence-electron chi connectivity index (χ0n) is 11.8. The lowest BCUT2D eigenvalue weighted by Gasteiger charge is -2.17. The van der Waals surface area contributed by atoms with E-state index >= 15 is 0 Å². The molecule has 0 aromatic heterocycles. The van der Waals surface area contributed by atoms with Crippen molar-refractivity contribution in [1.82, 2.24) is 4.90 Å². The van der Waals surface area contributed by atoms with Gasteiger partial charge in [-0.05, 0) is 37.5 Å². The summed E-state index contributed by atoms with van der Waals surface area (Å²) in [6.07, 6.45) is 6.61. The van der Waals surface area contributed by atoms with E-state index in [0.717, 1.165) is 24.2 Å². The number of amides is 3. The quantitative estimate of drug-likeness (QED) is 0.669. The lowest BCUT2D eigenvalue weighted by Crippen LogP contribution is -2.24. The molecule has 3 amide bonds. The number of hydrogen-bond acceptors (Lipinski definition) is 3. The summed E-state index contributed by atoms with van der Waals surface area (Å²) in [5, 5.41) is 2.84. The van der Waals surface area contributed by atoms with Crippen molar-refractivity contribution in [3.05, 3.63) is 41.5 Å². The van der Waals surface area contributed by atoms with Crippen LogP contribution in [0.2, 0.25) is 0 Å². The Morgan fingerprint density at radius 3 is 2.67 bits per heavy atom. The number of rotatable bonds is 2. The van der Waals surface area contributed by atoms with Gasteiger partial charge in [-0.2, -0.15) is 0 Å². The third-order valence-corrected chi connectivity index (χ3v) is 4.00. The Hall–Kier alpha value is -2.43. The van der Waals surface area contributed by atoms with E-state index in [2.05, 4.69) is 11.4 Å². The van der Waals surface area contributed by atoms with Crippen LogP contribution >= 0.6 is 0 Å². The summed E-state index contributed by atoms with van der Waals surface area (Å²) in [5.41, 5.74) is 1.30. The molecule has 1 heterocycles. The largest absolute Gasteiger partial charge is 0.326 e. The Kier molecular flexibility index (Phi) is 3.33. The van der Waals surface area contributed by atoms with E-state index in [0.29, 0.717) is 16.8 Å². The van der Waals surface area contributed by atoms with E-state index in [1.807, 2.05) is 6.08 Å². The van der Waals surface area contributed by atoms with E-state index < -0.39 is 0 Å². The van der Waals surface area contributed by atoms with Crippen LogP contribution in [-0.2, 0) is 4.79 Å². The highest BCUT2D eigenvalue weighted by atomic mass is 16.2. The molecule has 5 heteroatoms. The normalized spacial score (nSPS) is 20.6. The Labute approximate surface area is 122 Å². The minimum atomic E-state index is -0.327. The SMILES string of the molecule is CN1C(=O)c2ccc(NC(=O)C3CC=CCC3)cc2C1=O. The highest BCUT2D eigenvalue weighted by Gasteiger charge is 2.32. The molecule has 1 N–H and O–H groups in total. The summed E-state index contributed by atoms with van der Waals surface area (Å²) in [4.78, 5) is 37.0. The van der Waals surface area contributed by atoms with Gasteiger partial charge in [-0.15, -0.1) is 0 Å². The maximum absolute atomic E-state index is 12.2. The fourth-order valence-corrected chi connectivity index (χ4v) is 2.72. The third kappa shape index (κ3) is 2.35. The number of imide groups is 1. The van der Waals surface area contributed by atoms with Gasteiger partial charge in [0, 0.05) is 18.7 Å². The maximum Gasteiger partial charge on any atom is 0.261 e. The zero-order chi connectivity index (χ0) is 15.0. The maximum atomic E-state index is 12.2. The number of carbonyl (C=O) groups excluding carboxylic acids is 3. The molecule has 0 saturated heterocycles. The van der Waals surface area contributed by atoms with Gasteiger partial charge < -0.3 is 5.32 Å². The molecule has 0 radical (unpaired) electrons. The van der Waals surface area contributed by atoms with Gasteiger partial charge >= 0.3 is 0 Å². The molecule has 1 aliphatic heterocycles. The summed E-state index contributed by atoms with van der Waals surface area (Å²) in [7, 11) is 1.46. The molecule has 1 aromatic carbocycles. The number of fused-ring (bicyclic) bond motifs is 1. The van der Waals surface area contributed by atoms with Crippen molar-refractivity contribution in [2.24, 2.45) is 5.92 Å². The van der Waals surface area contributed by atoms with Gasteiger partial charge in [0.1, 0.15) is 0 Å². The molecule has 0 fully saturated rings. The molecule has 0 bridgehead atoms. The summed E-state index contributed by atoms with van der Waals surface area (Å²) in [6.45, 7) is 0. The van der Waals surface area contributed by atoms with E-state index in [4.69, 9.17) is 0 Å². The Bertz CT molecular complexity index is 663. The highest BCUT2D eigenvalue weighted by Crippen LogP contribution is 2.26. The molecule has 1 aromatic rings. The second kappa shape index (κ2) is 5.16. The summed E-state index contributed by atoms with van der Waals surface area (Å²) in [5.74, 6) is -0.690. The fourth-order valence-electron chi connectivity index (χ4n) is 2.72. The number of allylic oxidation sites excluding steroid dienone is 2.